The van der Waals surface area contributed by atoms with Crippen LogP contribution in [0.25, 0.3) is 0 Å². The smallest absolute Gasteiger partial charge is 0.126 e. The van der Waals surface area contributed by atoms with E-state index in [1.165, 1.54) is 12.1 Å². The lowest BCUT2D eigenvalue weighted by molar-refractivity contribution is 0.309. The van der Waals surface area contributed by atoms with Crippen molar-refractivity contribution in [2.75, 3.05) is 13.2 Å². The van der Waals surface area contributed by atoms with Gasteiger partial charge in [-0.15, -0.1) is 0 Å². The summed E-state index contributed by atoms with van der Waals surface area (Å²) in [6, 6.07) is 10.00. The van der Waals surface area contributed by atoms with E-state index in [-0.39, 0.29) is 5.82 Å². The molecule has 0 fully saturated rings. The molecule has 2 aromatic rings. The van der Waals surface area contributed by atoms with E-state index in [2.05, 4.69) is 5.32 Å². The van der Waals surface area contributed by atoms with Crippen LogP contribution in [0, 0.1) is 12.7 Å². The first-order chi connectivity index (χ1) is 8.74. The largest absolute Gasteiger partial charge is 0.492 e. The van der Waals surface area contributed by atoms with Gasteiger partial charge in [0.2, 0.25) is 0 Å². The minimum absolute atomic E-state index is 0.286. The second-order valence-corrected chi connectivity index (χ2v) is 3.99. The first-order valence-corrected chi connectivity index (χ1v) is 5.88. The zero-order valence-electron chi connectivity index (χ0n) is 10.3. The second-order valence-electron chi connectivity index (χ2n) is 3.99. The van der Waals surface area contributed by atoms with Gasteiger partial charge in [-0.3, -0.25) is 0 Å². The van der Waals surface area contributed by atoms with Crippen LogP contribution in [0.1, 0.15) is 11.5 Å². The van der Waals surface area contributed by atoms with Gasteiger partial charge in [-0.2, -0.15) is 0 Å². The van der Waals surface area contributed by atoms with Crippen LogP contribution in [0.4, 0.5) is 4.39 Å². The molecular formula is C14H16FNO2. The Morgan fingerprint density at radius 3 is 2.89 bits per heavy atom. The lowest BCUT2D eigenvalue weighted by atomic mass is 10.3. The first-order valence-electron chi connectivity index (χ1n) is 5.88. The molecule has 1 aromatic heterocycles. The summed E-state index contributed by atoms with van der Waals surface area (Å²) in [4.78, 5) is 0. The number of benzene rings is 1. The highest BCUT2D eigenvalue weighted by Crippen LogP contribution is 2.11. The first kappa shape index (κ1) is 12.6. The van der Waals surface area contributed by atoms with Gasteiger partial charge in [-0.1, -0.05) is 6.07 Å². The van der Waals surface area contributed by atoms with Gasteiger partial charge in [0.1, 0.15) is 29.7 Å². The lowest BCUT2D eigenvalue weighted by Crippen LogP contribution is -2.20. The van der Waals surface area contributed by atoms with Crippen molar-refractivity contribution in [3.8, 4) is 5.75 Å². The maximum Gasteiger partial charge on any atom is 0.126 e. The van der Waals surface area contributed by atoms with Gasteiger partial charge in [0.15, 0.2) is 0 Å². The monoisotopic (exact) mass is 249 g/mol. The molecule has 0 saturated carbocycles. The molecule has 0 unspecified atom stereocenters. The predicted octanol–water partition coefficient (Wildman–Crippen LogP) is 2.90. The van der Waals surface area contributed by atoms with Crippen molar-refractivity contribution in [1.82, 2.24) is 5.32 Å². The fourth-order valence-corrected chi connectivity index (χ4v) is 1.59. The van der Waals surface area contributed by atoms with E-state index in [4.69, 9.17) is 9.15 Å². The number of hydrogen-bond acceptors (Lipinski definition) is 3. The molecule has 18 heavy (non-hydrogen) atoms. The standard InChI is InChI=1S/C14H16FNO2/c1-11-5-6-14(18-11)10-16-7-8-17-13-4-2-3-12(15)9-13/h2-6,9,16H,7-8,10H2,1H3. The predicted molar refractivity (Wildman–Crippen MR) is 67.0 cm³/mol. The summed E-state index contributed by atoms with van der Waals surface area (Å²) >= 11 is 0. The number of aryl methyl sites for hydroxylation is 1. The van der Waals surface area contributed by atoms with Gasteiger partial charge in [0, 0.05) is 12.6 Å². The summed E-state index contributed by atoms with van der Waals surface area (Å²) in [7, 11) is 0. The van der Waals surface area contributed by atoms with Gasteiger partial charge >= 0.3 is 0 Å². The van der Waals surface area contributed by atoms with Crippen molar-refractivity contribution >= 4 is 0 Å². The third-order valence-corrected chi connectivity index (χ3v) is 2.44. The van der Waals surface area contributed by atoms with Gasteiger partial charge in [-0.25, -0.2) is 4.39 Å². The summed E-state index contributed by atoms with van der Waals surface area (Å²) in [5.41, 5.74) is 0. The minimum Gasteiger partial charge on any atom is -0.492 e. The molecule has 0 bridgehead atoms. The molecule has 0 radical (unpaired) electrons. The van der Waals surface area contributed by atoms with Crippen LogP contribution >= 0.6 is 0 Å². The molecule has 0 aliphatic carbocycles. The Bertz CT molecular complexity index is 496. The summed E-state index contributed by atoms with van der Waals surface area (Å²) in [6.45, 7) is 3.75. The Balaban J connectivity index is 1.64. The molecule has 3 nitrogen and oxygen atoms in total. The molecule has 2 rings (SSSR count). The summed E-state index contributed by atoms with van der Waals surface area (Å²) in [5, 5.41) is 3.19. The van der Waals surface area contributed by atoms with Crippen LogP contribution in [0.15, 0.2) is 40.8 Å². The molecular weight excluding hydrogens is 233 g/mol. The van der Waals surface area contributed by atoms with Crippen LogP contribution in [0.3, 0.4) is 0 Å². The molecule has 0 atom stereocenters. The summed E-state index contributed by atoms with van der Waals surface area (Å²) in [5.74, 6) is 2.07. The Hall–Kier alpha value is -1.81. The van der Waals surface area contributed by atoms with Crippen molar-refractivity contribution in [2.24, 2.45) is 0 Å². The zero-order valence-corrected chi connectivity index (χ0v) is 10.3. The molecule has 96 valence electrons. The van der Waals surface area contributed by atoms with Crippen LogP contribution in [-0.4, -0.2) is 13.2 Å². The fraction of sp³-hybridized carbons (Fsp3) is 0.286. The molecule has 1 N–H and O–H groups in total. The Morgan fingerprint density at radius 2 is 2.17 bits per heavy atom. The second kappa shape index (κ2) is 6.21. The van der Waals surface area contributed by atoms with Gasteiger partial charge in [0.25, 0.3) is 0 Å². The van der Waals surface area contributed by atoms with Crippen molar-refractivity contribution in [1.29, 1.82) is 0 Å². The SMILES string of the molecule is Cc1ccc(CNCCOc2cccc(F)c2)o1. The third kappa shape index (κ3) is 3.89. The summed E-state index contributed by atoms with van der Waals surface area (Å²) in [6.07, 6.45) is 0. The molecule has 1 heterocycles. The number of rotatable bonds is 6. The average Bonchev–Trinajstić information content (AvgIpc) is 2.75. The van der Waals surface area contributed by atoms with Crippen molar-refractivity contribution in [3.05, 3.63) is 53.7 Å². The summed E-state index contributed by atoms with van der Waals surface area (Å²) < 4.78 is 23.7. The molecule has 0 spiro atoms. The molecule has 0 saturated heterocycles. The Labute approximate surface area is 106 Å². The minimum atomic E-state index is -0.286. The van der Waals surface area contributed by atoms with Crippen LogP contribution in [0.2, 0.25) is 0 Å². The Morgan fingerprint density at radius 1 is 1.28 bits per heavy atom. The van der Waals surface area contributed by atoms with Crippen LogP contribution < -0.4 is 10.1 Å². The van der Waals surface area contributed by atoms with E-state index in [0.717, 1.165) is 11.5 Å². The van der Waals surface area contributed by atoms with Crippen LogP contribution in [-0.2, 0) is 6.54 Å². The fourth-order valence-electron chi connectivity index (χ4n) is 1.59. The normalized spacial score (nSPS) is 10.6. The average molecular weight is 249 g/mol. The molecule has 0 aliphatic rings. The quantitative estimate of drug-likeness (QED) is 0.799. The highest BCUT2D eigenvalue weighted by atomic mass is 19.1. The van der Waals surface area contributed by atoms with E-state index in [1.54, 1.807) is 12.1 Å². The molecule has 0 amide bonds. The molecule has 4 heteroatoms. The van der Waals surface area contributed by atoms with E-state index in [0.29, 0.717) is 25.4 Å². The van der Waals surface area contributed by atoms with Crippen molar-refractivity contribution in [3.63, 3.8) is 0 Å². The molecule has 1 aromatic carbocycles. The van der Waals surface area contributed by atoms with Gasteiger partial charge in [0.05, 0.1) is 6.54 Å². The highest BCUT2D eigenvalue weighted by molar-refractivity contribution is 5.22. The number of ether oxygens (including phenoxy) is 1. The molecule has 0 aliphatic heterocycles. The number of hydrogen-bond donors (Lipinski definition) is 1. The lowest BCUT2D eigenvalue weighted by Gasteiger charge is -2.06. The topological polar surface area (TPSA) is 34.4 Å². The van der Waals surface area contributed by atoms with E-state index < -0.39 is 0 Å². The Kier molecular flexibility index (Phi) is 4.36. The van der Waals surface area contributed by atoms with Gasteiger partial charge in [-0.05, 0) is 31.2 Å². The van der Waals surface area contributed by atoms with Gasteiger partial charge < -0.3 is 14.5 Å². The maximum absolute atomic E-state index is 12.9. The highest BCUT2D eigenvalue weighted by Gasteiger charge is 1.98. The maximum atomic E-state index is 12.9. The number of nitrogens with one attached hydrogen (secondary N) is 1. The van der Waals surface area contributed by atoms with E-state index >= 15 is 0 Å². The third-order valence-electron chi connectivity index (χ3n) is 2.44. The van der Waals surface area contributed by atoms with Crippen LogP contribution in [0.5, 0.6) is 5.75 Å². The van der Waals surface area contributed by atoms with Crippen molar-refractivity contribution < 1.29 is 13.5 Å². The van der Waals surface area contributed by atoms with E-state index in [1.807, 2.05) is 19.1 Å². The number of halogens is 1. The van der Waals surface area contributed by atoms with E-state index in [9.17, 15) is 4.39 Å². The van der Waals surface area contributed by atoms with Crippen molar-refractivity contribution in [2.45, 2.75) is 13.5 Å². The number of furan rings is 1. The zero-order chi connectivity index (χ0) is 12.8.